The van der Waals surface area contributed by atoms with E-state index in [0.29, 0.717) is 6.04 Å². The van der Waals surface area contributed by atoms with E-state index in [1.165, 1.54) is 44.5 Å². The Bertz CT molecular complexity index is 185. The number of hydrogen-bond acceptors (Lipinski definition) is 1. The Balaban J connectivity index is 2.49. The summed E-state index contributed by atoms with van der Waals surface area (Å²) in [6.07, 6.45) is 6.34. The van der Waals surface area contributed by atoms with Gasteiger partial charge in [0.15, 0.2) is 0 Å². The molecule has 0 aromatic carbocycles. The van der Waals surface area contributed by atoms with Crippen LogP contribution in [0.4, 0.5) is 0 Å². The molecule has 1 heterocycles. The first-order valence-corrected chi connectivity index (χ1v) is 6.05. The van der Waals surface area contributed by atoms with E-state index >= 15 is 0 Å². The van der Waals surface area contributed by atoms with Gasteiger partial charge in [-0.2, -0.15) is 0 Å². The summed E-state index contributed by atoms with van der Waals surface area (Å²) in [5.74, 6) is 1.36. The maximum atomic E-state index is 4.72. The van der Waals surface area contributed by atoms with Gasteiger partial charge in [-0.15, -0.1) is 0 Å². The van der Waals surface area contributed by atoms with Crippen LogP contribution in [0, 0.1) is 0 Å². The van der Waals surface area contributed by atoms with E-state index in [-0.39, 0.29) is 0 Å². The minimum absolute atomic E-state index is 0.621. The molecule has 0 aromatic heterocycles. The van der Waals surface area contributed by atoms with E-state index in [2.05, 4.69) is 25.7 Å². The van der Waals surface area contributed by atoms with E-state index in [9.17, 15) is 0 Å². The highest BCUT2D eigenvalue weighted by molar-refractivity contribution is 5.83. The number of likely N-dealkylation sites (tertiary alicyclic amines) is 1. The van der Waals surface area contributed by atoms with Crippen LogP contribution in [0.5, 0.6) is 0 Å². The van der Waals surface area contributed by atoms with Crippen LogP contribution in [0.15, 0.2) is 4.99 Å². The second-order valence-corrected chi connectivity index (χ2v) is 4.40. The fraction of sp³-hybridized carbons (Fsp3) is 0.917. The standard InChI is InChI=1S/C12H24N2/c1-4-5-9-13-12-8-6-7-10-14(12)11(2)3/h11H,4-10H2,1-3H3. The van der Waals surface area contributed by atoms with Crippen LogP contribution in [0.25, 0.3) is 0 Å². The molecule has 0 bridgehead atoms. The molecular weight excluding hydrogens is 172 g/mol. The van der Waals surface area contributed by atoms with Gasteiger partial charge in [0, 0.05) is 25.6 Å². The lowest BCUT2D eigenvalue weighted by Gasteiger charge is -2.33. The molecular formula is C12H24N2. The molecule has 0 aromatic rings. The van der Waals surface area contributed by atoms with Gasteiger partial charge in [0.1, 0.15) is 0 Å². The fourth-order valence-corrected chi connectivity index (χ4v) is 1.93. The normalized spacial score (nSPS) is 20.9. The summed E-state index contributed by atoms with van der Waals surface area (Å²) in [5, 5.41) is 0. The zero-order chi connectivity index (χ0) is 10.4. The van der Waals surface area contributed by atoms with Gasteiger partial charge >= 0.3 is 0 Å². The van der Waals surface area contributed by atoms with Gasteiger partial charge in [-0.05, 0) is 33.1 Å². The topological polar surface area (TPSA) is 15.6 Å². The lowest BCUT2D eigenvalue weighted by Crippen LogP contribution is -2.40. The lowest BCUT2D eigenvalue weighted by atomic mass is 10.1. The van der Waals surface area contributed by atoms with Crippen LogP contribution >= 0.6 is 0 Å². The average molecular weight is 196 g/mol. The van der Waals surface area contributed by atoms with Gasteiger partial charge in [0.25, 0.3) is 0 Å². The molecule has 82 valence electrons. The molecule has 1 fully saturated rings. The van der Waals surface area contributed by atoms with Crippen LogP contribution in [-0.2, 0) is 0 Å². The number of rotatable bonds is 4. The molecule has 1 aliphatic heterocycles. The molecule has 1 rings (SSSR count). The molecule has 0 aliphatic carbocycles. The quantitative estimate of drug-likeness (QED) is 0.631. The molecule has 0 radical (unpaired) electrons. The van der Waals surface area contributed by atoms with Gasteiger partial charge < -0.3 is 4.90 Å². The van der Waals surface area contributed by atoms with Crippen LogP contribution in [0.1, 0.15) is 52.9 Å². The molecule has 1 aliphatic rings. The van der Waals surface area contributed by atoms with Crippen molar-refractivity contribution in [2.75, 3.05) is 13.1 Å². The van der Waals surface area contributed by atoms with E-state index < -0.39 is 0 Å². The third kappa shape index (κ3) is 3.32. The summed E-state index contributed by atoms with van der Waals surface area (Å²) in [6, 6.07) is 0.621. The van der Waals surface area contributed by atoms with Gasteiger partial charge in [-0.25, -0.2) is 0 Å². The van der Waals surface area contributed by atoms with Crippen molar-refractivity contribution in [3.8, 4) is 0 Å². The van der Waals surface area contributed by atoms with Crippen LogP contribution in [0.3, 0.4) is 0 Å². The average Bonchev–Trinajstić information content (AvgIpc) is 2.19. The molecule has 0 spiro atoms. The highest BCUT2D eigenvalue weighted by atomic mass is 15.2. The molecule has 2 heteroatoms. The van der Waals surface area contributed by atoms with Crippen LogP contribution in [0.2, 0.25) is 0 Å². The smallest absolute Gasteiger partial charge is 0.0991 e. The summed E-state index contributed by atoms with van der Waals surface area (Å²) < 4.78 is 0. The van der Waals surface area contributed by atoms with E-state index in [1.54, 1.807) is 0 Å². The minimum Gasteiger partial charge on any atom is -0.358 e. The van der Waals surface area contributed by atoms with E-state index in [0.717, 1.165) is 6.54 Å². The zero-order valence-corrected chi connectivity index (χ0v) is 9.92. The Hall–Kier alpha value is -0.530. The van der Waals surface area contributed by atoms with Crippen molar-refractivity contribution in [3.05, 3.63) is 0 Å². The molecule has 0 amide bonds. The van der Waals surface area contributed by atoms with Crippen LogP contribution in [-0.4, -0.2) is 29.9 Å². The summed E-state index contributed by atoms with van der Waals surface area (Å²) in [7, 11) is 0. The largest absolute Gasteiger partial charge is 0.358 e. The van der Waals surface area contributed by atoms with Gasteiger partial charge in [0.05, 0.1) is 5.84 Å². The predicted molar refractivity (Wildman–Crippen MR) is 62.9 cm³/mol. The summed E-state index contributed by atoms with van der Waals surface area (Å²) in [5.41, 5.74) is 0. The van der Waals surface area contributed by atoms with E-state index in [1.807, 2.05) is 0 Å². The number of hydrogen-bond donors (Lipinski definition) is 0. The lowest BCUT2D eigenvalue weighted by molar-refractivity contribution is 0.312. The molecule has 0 atom stereocenters. The van der Waals surface area contributed by atoms with Crippen molar-refractivity contribution in [1.29, 1.82) is 0 Å². The second-order valence-electron chi connectivity index (χ2n) is 4.40. The minimum atomic E-state index is 0.621. The Kier molecular flexibility index (Phi) is 4.99. The molecule has 0 N–H and O–H groups in total. The van der Waals surface area contributed by atoms with Crippen molar-refractivity contribution in [2.24, 2.45) is 4.99 Å². The Morgan fingerprint density at radius 3 is 2.79 bits per heavy atom. The number of aliphatic imine (C=N–C) groups is 1. The molecule has 1 saturated heterocycles. The number of nitrogens with zero attached hydrogens (tertiary/aromatic N) is 2. The fourth-order valence-electron chi connectivity index (χ4n) is 1.93. The van der Waals surface area contributed by atoms with Crippen molar-refractivity contribution >= 4 is 5.84 Å². The summed E-state index contributed by atoms with van der Waals surface area (Å²) >= 11 is 0. The van der Waals surface area contributed by atoms with Crippen molar-refractivity contribution in [3.63, 3.8) is 0 Å². The first-order chi connectivity index (χ1) is 6.75. The monoisotopic (exact) mass is 196 g/mol. The van der Waals surface area contributed by atoms with Gasteiger partial charge in [-0.3, -0.25) is 4.99 Å². The Morgan fingerprint density at radius 1 is 1.36 bits per heavy atom. The third-order valence-corrected chi connectivity index (χ3v) is 2.81. The number of unbranched alkanes of at least 4 members (excludes halogenated alkanes) is 1. The SMILES string of the molecule is CCCCN=C1CCCCN1C(C)C. The zero-order valence-electron chi connectivity index (χ0n) is 9.92. The molecule has 0 unspecified atom stereocenters. The Morgan fingerprint density at radius 2 is 2.14 bits per heavy atom. The second kappa shape index (κ2) is 6.05. The highest BCUT2D eigenvalue weighted by Crippen LogP contribution is 2.15. The predicted octanol–water partition coefficient (Wildman–Crippen LogP) is 3.08. The maximum absolute atomic E-state index is 4.72. The van der Waals surface area contributed by atoms with Crippen LogP contribution < -0.4 is 0 Å². The Labute approximate surface area is 88.4 Å². The first kappa shape index (κ1) is 11.5. The van der Waals surface area contributed by atoms with Crippen molar-refractivity contribution in [2.45, 2.75) is 58.9 Å². The first-order valence-electron chi connectivity index (χ1n) is 6.05. The third-order valence-electron chi connectivity index (χ3n) is 2.81. The molecule has 2 nitrogen and oxygen atoms in total. The maximum Gasteiger partial charge on any atom is 0.0991 e. The summed E-state index contributed by atoms with van der Waals surface area (Å²) in [6.45, 7) is 8.99. The molecule has 14 heavy (non-hydrogen) atoms. The van der Waals surface area contributed by atoms with Crippen molar-refractivity contribution < 1.29 is 0 Å². The molecule has 0 saturated carbocycles. The summed E-state index contributed by atoms with van der Waals surface area (Å²) in [4.78, 5) is 7.19. The van der Waals surface area contributed by atoms with E-state index in [4.69, 9.17) is 4.99 Å². The number of piperidine rings is 1. The van der Waals surface area contributed by atoms with Gasteiger partial charge in [0.2, 0.25) is 0 Å². The van der Waals surface area contributed by atoms with Gasteiger partial charge in [-0.1, -0.05) is 13.3 Å². The highest BCUT2D eigenvalue weighted by Gasteiger charge is 2.18. The van der Waals surface area contributed by atoms with Crippen molar-refractivity contribution in [1.82, 2.24) is 4.90 Å². The number of amidine groups is 1.